The van der Waals surface area contributed by atoms with Crippen LogP contribution < -0.4 is 10.1 Å². The molecule has 2 aromatic carbocycles. The summed E-state index contributed by atoms with van der Waals surface area (Å²) in [5.74, 6) is 0.107. The number of aliphatic hydroxyl groups excluding tert-OH is 1. The van der Waals surface area contributed by atoms with Gasteiger partial charge >= 0.3 is 0 Å². The van der Waals surface area contributed by atoms with E-state index in [2.05, 4.69) is 47.1 Å². The molecule has 2 N–H and O–H groups in total. The summed E-state index contributed by atoms with van der Waals surface area (Å²) in [7, 11) is 0. The highest BCUT2D eigenvalue weighted by molar-refractivity contribution is 9.11. The van der Waals surface area contributed by atoms with Gasteiger partial charge in [-0.05, 0) is 49.6 Å². The monoisotopic (exact) mass is 481 g/mol. The van der Waals surface area contributed by atoms with Gasteiger partial charge in [0.05, 0.1) is 0 Å². The molecule has 0 amide bonds. The quantitative estimate of drug-likeness (QED) is 0.493. The summed E-state index contributed by atoms with van der Waals surface area (Å²) >= 11 is 6.59. The van der Waals surface area contributed by atoms with E-state index in [9.17, 15) is 9.50 Å². The van der Waals surface area contributed by atoms with Crippen LogP contribution in [0.4, 0.5) is 10.2 Å². The highest BCUT2D eigenvalue weighted by Crippen LogP contribution is 2.30. The lowest BCUT2D eigenvalue weighted by atomic mass is 10.2. The van der Waals surface area contributed by atoms with Crippen LogP contribution >= 0.6 is 31.9 Å². The maximum atomic E-state index is 13.3. The minimum atomic E-state index is -1.15. The summed E-state index contributed by atoms with van der Waals surface area (Å²) in [6, 6.07) is 15.3. The molecule has 0 fully saturated rings. The van der Waals surface area contributed by atoms with Gasteiger partial charge in [-0.25, -0.2) is 9.37 Å². The highest BCUT2D eigenvalue weighted by Gasteiger charge is 2.16. The maximum Gasteiger partial charge on any atom is 0.249 e. The molecule has 0 bridgehead atoms. The van der Waals surface area contributed by atoms with Gasteiger partial charge in [-0.15, -0.1) is 0 Å². The van der Waals surface area contributed by atoms with Gasteiger partial charge in [-0.3, -0.25) is 0 Å². The third-order valence-corrected chi connectivity index (χ3v) is 4.51. The number of hydrogen-bond acceptors (Lipinski definition) is 5. The number of aromatic nitrogens is 2. The van der Waals surface area contributed by atoms with Crippen LogP contribution in [0.2, 0.25) is 0 Å². The lowest BCUT2D eigenvalue weighted by molar-refractivity contribution is 0.206. The van der Waals surface area contributed by atoms with E-state index >= 15 is 0 Å². The third-order valence-electron chi connectivity index (χ3n) is 3.44. The van der Waals surface area contributed by atoms with Crippen molar-refractivity contribution in [2.45, 2.75) is 12.8 Å². The Morgan fingerprint density at radius 1 is 1.04 bits per heavy atom. The topological polar surface area (TPSA) is 67.3 Å². The van der Waals surface area contributed by atoms with Gasteiger partial charge in [-0.1, -0.05) is 42.5 Å². The smallest absolute Gasteiger partial charge is 0.249 e. The number of anilines is 1. The van der Waals surface area contributed by atoms with Crippen molar-refractivity contribution < 1.29 is 14.2 Å². The number of benzene rings is 2. The summed E-state index contributed by atoms with van der Waals surface area (Å²) in [4.78, 5) is 8.58. The SMILES string of the molecule is OC(Nc1nc(OCc2ccccc2)c(Br)nc1Br)c1cccc(F)c1. The Labute approximate surface area is 166 Å². The largest absolute Gasteiger partial charge is 0.471 e. The van der Waals surface area contributed by atoms with Crippen LogP contribution in [0.15, 0.2) is 63.8 Å². The molecule has 0 saturated heterocycles. The van der Waals surface area contributed by atoms with Crippen molar-refractivity contribution in [2.24, 2.45) is 0 Å². The van der Waals surface area contributed by atoms with E-state index in [4.69, 9.17) is 4.74 Å². The van der Waals surface area contributed by atoms with E-state index < -0.39 is 12.0 Å². The molecule has 3 rings (SSSR count). The Balaban J connectivity index is 1.77. The normalized spacial score (nSPS) is 11.8. The van der Waals surface area contributed by atoms with Gasteiger partial charge in [0, 0.05) is 5.56 Å². The average Bonchev–Trinajstić information content (AvgIpc) is 2.63. The molecule has 1 aromatic heterocycles. The summed E-state index contributed by atoms with van der Waals surface area (Å²) < 4.78 is 19.8. The molecular weight excluding hydrogens is 469 g/mol. The average molecular weight is 483 g/mol. The van der Waals surface area contributed by atoms with Crippen molar-refractivity contribution in [1.29, 1.82) is 0 Å². The Morgan fingerprint density at radius 3 is 2.54 bits per heavy atom. The first kappa shape index (κ1) is 18.8. The number of aliphatic hydroxyl groups is 1. The molecule has 26 heavy (non-hydrogen) atoms. The number of halogens is 3. The summed E-state index contributed by atoms with van der Waals surface area (Å²) in [6.45, 7) is 0.321. The maximum absolute atomic E-state index is 13.3. The first-order valence-corrected chi connectivity index (χ1v) is 9.21. The molecule has 0 aliphatic carbocycles. The lowest BCUT2D eigenvalue weighted by Crippen LogP contribution is -2.13. The van der Waals surface area contributed by atoms with Gasteiger partial charge in [-0.2, -0.15) is 4.98 Å². The number of nitrogens with one attached hydrogen (secondary N) is 1. The van der Waals surface area contributed by atoms with E-state index in [0.29, 0.717) is 21.4 Å². The Hall–Kier alpha value is -2.03. The van der Waals surface area contributed by atoms with Crippen LogP contribution in [-0.2, 0) is 6.61 Å². The molecule has 1 unspecified atom stereocenters. The summed E-state index contributed by atoms with van der Waals surface area (Å²) in [6.07, 6.45) is -1.15. The second kappa shape index (κ2) is 8.57. The molecule has 0 spiro atoms. The zero-order valence-electron chi connectivity index (χ0n) is 13.4. The molecule has 0 aliphatic heterocycles. The predicted molar refractivity (Wildman–Crippen MR) is 103 cm³/mol. The number of nitrogens with zero attached hydrogens (tertiary/aromatic N) is 2. The molecule has 8 heteroatoms. The lowest BCUT2D eigenvalue weighted by Gasteiger charge is -2.16. The third kappa shape index (κ3) is 4.78. The van der Waals surface area contributed by atoms with Crippen LogP contribution in [0.5, 0.6) is 5.88 Å². The molecule has 0 aliphatic rings. The molecule has 1 heterocycles. The Bertz CT molecular complexity index is 897. The Kier molecular flexibility index (Phi) is 6.18. The van der Waals surface area contributed by atoms with Gasteiger partial charge < -0.3 is 15.2 Å². The second-order valence-electron chi connectivity index (χ2n) is 5.34. The first-order chi connectivity index (χ1) is 12.5. The van der Waals surface area contributed by atoms with Crippen molar-refractivity contribution >= 4 is 37.7 Å². The molecule has 5 nitrogen and oxygen atoms in total. The minimum absolute atomic E-state index is 0.269. The molecule has 134 valence electrons. The number of hydrogen-bond donors (Lipinski definition) is 2. The molecule has 0 radical (unpaired) electrons. The molecular formula is C18H14Br2FN3O2. The van der Waals surface area contributed by atoms with Crippen LogP contribution in [0.3, 0.4) is 0 Å². The highest BCUT2D eigenvalue weighted by atomic mass is 79.9. The van der Waals surface area contributed by atoms with Crippen LogP contribution in [0.25, 0.3) is 0 Å². The first-order valence-electron chi connectivity index (χ1n) is 7.63. The van der Waals surface area contributed by atoms with E-state index in [1.807, 2.05) is 30.3 Å². The fraction of sp³-hybridized carbons (Fsp3) is 0.111. The zero-order valence-corrected chi connectivity index (χ0v) is 16.5. The van der Waals surface area contributed by atoms with Crippen LogP contribution in [0, 0.1) is 5.82 Å². The van der Waals surface area contributed by atoms with Crippen LogP contribution in [0.1, 0.15) is 17.4 Å². The van der Waals surface area contributed by atoms with Crippen molar-refractivity contribution in [3.63, 3.8) is 0 Å². The number of ether oxygens (including phenoxy) is 1. The predicted octanol–water partition coefficient (Wildman–Crippen LogP) is 4.82. The van der Waals surface area contributed by atoms with Gasteiger partial charge in [0.1, 0.15) is 17.0 Å². The van der Waals surface area contributed by atoms with Crippen molar-refractivity contribution in [3.05, 3.63) is 80.7 Å². The molecule has 0 saturated carbocycles. The number of rotatable bonds is 6. The van der Waals surface area contributed by atoms with Gasteiger partial charge in [0.2, 0.25) is 5.88 Å². The fourth-order valence-corrected chi connectivity index (χ4v) is 3.18. The standard InChI is InChI=1S/C18H14Br2FN3O2/c19-14-16(23-17(25)12-7-4-8-13(21)9-12)24-18(15(20)22-14)26-10-11-5-2-1-3-6-11/h1-9,17,25H,10H2,(H,23,24). The van der Waals surface area contributed by atoms with Gasteiger partial charge in [0.15, 0.2) is 16.6 Å². The molecule has 3 aromatic rings. The van der Waals surface area contributed by atoms with E-state index in [1.165, 1.54) is 18.2 Å². The summed E-state index contributed by atoms with van der Waals surface area (Å²) in [5.41, 5.74) is 1.35. The summed E-state index contributed by atoms with van der Waals surface area (Å²) in [5, 5.41) is 13.1. The van der Waals surface area contributed by atoms with E-state index in [1.54, 1.807) is 6.07 Å². The van der Waals surface area contributed by atoms with Crippen molar-refractivity contribution in [3.8, 4) is 5.88 Å². The van der Waals surface area contributed by atoms with E-state index in [-0.39, 0.29) is 11.7 Å². The van der Waals surface area contributed by atoms with Gasteiger partial charge in [0.25, 0.3) is 0 Å². The second-order valence-corrected chi connectivity index (χ2v) is 6.84. The Morgan fingerprint density at radius 2 is 1.81 bits per heavy atom. The van der Waals surface area contributed by atoms with Crippen molar-refractivity contribution in [1.82, 2.24) is 9.97 Å². The van der Waals surface area contributed by atoms with Crippen molar-refractivity contribution in [2.75, 3.05) is 5.32 Å². The zero-order chi connectivity index (χ0) is 18.5. The molecule has 1 atom stereocenters. The fourth-order valence-electron chi connectivity index (χ4n) is 2.18. The van der Waals surface area contributed by atoms with E-state index in [0.717, 1.165) is 5.56 Å². The van der Waals surface area contributed by atoms with Crippen LogP contribution in [-0.4, -0.2) is 15.1 Å². The minimum Gasteiger partial charge on any atom is -0.471 e.